The van der Waals surface area contributed by atoms with Gasteiger partial charge in [-0.2, -0.15) is 10.2 Å². The summed E-state index contributed by atoms with van der Waals surface area (Å²) in [5, 5.41) is 8.43. The van der Waals surface area contributed by atoms with Crippen molar-refractivity contribution in [2.24, 2.45) is 16.1 Å². The number of esters is 1. The van der Waals surface area contributed by atoms with Crippen molar-refractivity contribution < 1.29 is 19.0 Å². The summed E-state index contributed by atoms with van der Waals surface area (Å²) in [5.74, 6) is 1.47. The molecule has 1 unspecified atom stereocenters. The number of hydrogen-bond donors (Lipinski definition) is 0. The third-order valence-electron chi connectivity index (χ3n) is 4.51. The number of ether oxygens (including phenoxy) is 3. The Hall–Kier alpha value is -2.89. The summed E-state index contributed by atoms with van der Waals surface area (Å²) in [6.07, 6.45) is 3.55. The van der Waals surface area contributed by atoms with Crippen LogP contribution in [-0.4, -0.2) is 26.3 Å². The lowest BCUT2D eigenvalue weighted by molar-refractivity contribution is -0.148. The van der Waals surface area contributed by atoms with Crippen LogP contribution in [0.15, 0.2) is 58.8 Å². The Labute approximate surface area is 172 Å². The average molecular weight is 399 g/mol. The summed E-state index contributed by atoms with van der Waals surface area (Å²) >= 11 is 0. The Bertz CT molecular complexity index is 757. The molecule has 6 heteroatoms. The summed E-state index contributed by atoms with van der Waals surface area (Å²) in [6.45, 7) is 4.99. The third-order valence-corrected chi connectivity index (χ3v) is 4.51. The number of hydrogen-bond acceptors (Lipinski definition) is 6. The van der Waals surface area contributed by atoms with Crippen molar-refractivity contribution in [2.75, 3.05) is 20.3 Å². The van der Waals surface area contributed by atoms with E-state index in [-0.39, 0.29) is 11.9 Å². The van der Waals surface area contributed by atoms with E-state index in [2.05, 4.69) is 10.2 Å². The molecule has 0 fully saturated rings. The maximum Gasteiger partial charge on any atom is 0.308 e. The van der Waals surface area contributed by atoms with Gasteiger partial charge in [-0.1, -0.05) is 13.8 Å². The highest BCUT2D eigenvalue weighted by Gasteiger charge is 2.10. The molecule has 0 spiro atoms. The SMILES string of the molecule is CCC(C)C(=O)OCCCCCOc1ccc(N=Nc2ccc(OC)cc2)cc1. The van der Waals surface area contributed by atoms with Crippen LogP contribution in [0.4, 0.5) is 11.4 Å². The van der Waals surface area contributed by atoms with Crippen LogP contribution in [0.1, 0.15) is 39.5 Å². The Balaban J connectivity index is 1.63. The fraction of sp³-hybridized carbons (Fsp3) is 0.435. The predicted molar refractivity (Wildman–Crippen MR) is 113 cm³/mol. The standard InChI is InChI=1S/C23H30N2O4/c1-4-18(2)23(26)29-17-7-5-6-16-28-22-14-10-20(11-15-22)25-24-19-8-12-21(27-3)13-9-19/h8-15,18H,4-7,16-17H2,1-3H3. The fourth-order valence-corrected chi connectivity index (χ4v) is 2.43. The van der Waals surface area contributed by atoms with Crippen LogP contribution in [0, 0.1) is 5.92 Å². The number of nitrogens with zero attached hydrogens (tertiary/aromatic N) is 2. The van der Waals surface area contributed by atoms with Crippen molar-refractivity contribution in [1.82, 2.24) is 0 Å². The van der Waals surface area contributed by atoms with Crippen LogP contribution >= 0.6 is 0 Å². The molecule has 0 aromatic heterocycles. The summed E-state index contributed by atoms with van der Waals surface area (Å²) < 4.78 is 16.1. The van der Waals surface area contributed by atoms with Crippen molar-refractivity contribution in [3.05, 3.63) is 48.5 Å². The van der Waals surface area contributed by atoms with E-state index in [0.717, 1.165) is 48.6 Å². The lowest BCUT2D eigenvalue weighted by Crippen LogP contribution is -2.14. The minimum absolute atomic E-state index is 0.0166. The van der Waals surface area contributed by atoms with E-state index in [4.69, 9.17) is 14.2 Å². The van der Waals surface area contributed by atoms with Crippen LogP contribution in [0.25, 0.3) is 0 Å². The molecular weight excluding hydrogens is 368 g/mol. The smallest absolute Gasteiger partial charge is 0.308 e. The maximum atomic E-state index is 11.6. The first-order valence-electron chi connectivity index (χ1n) is 10.1. The zero-order valence-corrected chi connectivity index (χ0v) is 17.5. The first-order chi connectivity index (χ1) is 14.1. The minimum Gasteiger partial charge on any atom is -0.497 e. The molecule has 0 aliphatic heterocycles. The molecule has 1 atom stereocenters. The predicted octanol–water partition coefficient (Wildman–Crippen LogP) is 6.25. The van der Waals surface area contributed by atoms with E-state index >= 15 is 0 Å². The fourth-order valence-electron chi connectivity index (χ4n) is 2.43. The van der Waals surface area contributed by atoms with Gasteiger partial charge in [0, 0.05) is 0 Å². The van der Waals surface area contributed by atoms with Crippen molar-refractivity contribution in [2.45, 2.75) is 39.5 Å². The zero-order valence-electron chi connectivity index (χ0n) is 17.5. The lowest BCUT2D eigenvalue weighted by atomic mass is 10.1. The number of azo groups is 1. The van der Waals surface area contributed by atoms with E-state index in [9.17, 15) is 4.79 Å². The van der Waals surface area contributed by atoms with Crippen molar-refractivity contribution in [3.8, 4) is 11.5 Å². The number of carbonyl (C=O) groups excluding carboxylic acids is 1. The Morgan fingerprint density at radius 1 is 0.862 bits per heavy atom. The molecule has 0 aliphatic rings. The summed E-state index contributed by atoms with van der Waals surface area (Å²) in [5.41, 5.74) is 1.53. The summed E-state index contributed by atoms with van der Waals surface area (Å²) in [6, 6.07) is 14.9. The monoisotopic (exact) mass is 398 g/mol. The van der Waals surface area contributed by atoms with Gasteiger partial charge in [0.05, 0.1) is 37.6 Å². The Kier molecular flexibility index (Phi) is 9.69. The molecule has 29 heavy (non-hydrogen) atoms. The van der Waals surface area contributed by atoms with Crippen LogP contribution in [-0.2, 0) is 9.53 Å². The van der Waals surface area contributed by atoms with E-state index in [1.807, 2.05) is 62.4 Å². The molecule has 0 radical (unpaired) electrons. The topological polar surface area (TPSA) is 69.5 Å². The van der Waals surface area contributed by atoms with Gasteiger partial charge in [0.1, 0.15) is 11.5 Å². The number of rotatable bonds is 12. The molecule has 6 nitrogen and oxygen atoms in total. The number of carbonyl (C=O) groups is 1. The van der Waals surface area contributed by atoms with Crippen molar-refractivity contribution in [3.63, 3.8) is 0 Å². The molecule has 0 N–H and O–H groups in total. The van der Waals surface area contributed by atoms with E-state index in [0.29, 0.717) is 13.2 Å². The number of unbranched alkanes of at least 4 members (excludes halogenated alkanes) is 2. The van der Waals surface area contributed by atoms with Gasteiger partial charge < -0.3 is 14.2 Å². The van der Waals surface area contributed by atoms with Crippen LogP contribution < -0.4 is 9.47 Å². The first kappa shape index (κ1) is 22.4. The van der Waals surface area contributed by atoms with Crippen molar-refractivity contribution in [1.29, 1.82) is 0 Å². The van der Waals surface area contributed by atoms with E-state index in [1.54, 1.807) is 7.11 Å². The second-order valence-electron chi connectivity index (χ2n) is 6.78. The normalized spacial score (nSPS) is 12.0. The van der Waals surface area contributed by atoms with Gasteiger partial charge in [-0.15, -0.1) is 0 Å². The molecule has 0 saturated carbocycles. The zero-order chi connectivity index (χ0) is 20.9. The third kappa shape index (κ3) is 8.34. The maximum absolute atomic E-state index is 11.6. The van der Waals surface area contributed by atoms with Gasteiger partial charge in [-0.3, -0.25) is 4.79 Å². The van der Waals surface area contributed by atoms with E-state index in [1.165, 1.54) is 0 Å². The van der Waals surface area contributed by atoms with Gasteiger partial charge in [0.2, 0.25) is 0 Å². The Morgan fingerprint density at radius 2 is 1.41 bits per heavy atom. The van der Waals surface area contributed by atoms with Gasteiger partial charge >= 0.3 is 5.97 Å². The van der Waals surface area contributed by atoms with Crippen LogP contribution in [0.3, 0.4) is 0 Å². The first-order valence-corrected chi connectivity index (χ1v) is 10.1. The molecule has 2 aromatic rings. The van der Waals surface area contributed by atoms with Gasteiger partial charge in [0.25, 0.3) is 0 Å². The largest absolute Gasteiger partial charge is 0.497 e. The second kappa shape index (κ2) is 12.5. The lowest BCUT2D eigenvalue weighted by Gasteiger charge is -2.09. The molecular formula is C23H30N2O4. The highest BCUT2D eigenvalue weighted by Crippen LogP contribution is 2.23. The second-order valence-corrected chi connectivity index (χ2v) is 6.78. The number of methoxy groups -OCH3 is 1. The molecule has 0 saturated heterocycles. The molecule has 2 rings (SSSR count). The minimum atomic E-state index is -0.104. The molecule has 2 aromatic carbocycles. The average Bonchev–Trinajstić information content (AvgIpc) is 2.77. The highest BCUT2D eigenvalue weighted by molar-refractivity contribution is 5.71. The van der Waals surface area contributed by atoms with Gasteiger partial charge in [-0.05, 0) is 74.2 Å². The Morgan fingerprint density at radius 3 is 1.97 bits per heavy atom. The van der Waals surface area contributed by atoms with Gasteiger partial charge in [-0.25, -0.2) is 0 Å². The van der Waals surface area contributed by atoms with Crippen LogP contribution in [0.5, 0.6) is 11.5 Å². The van der Waals surface area contributed by atoms with Gasteiger partial charge in [0.15, 0.2) is 0 Å². The molecule has 0 aliphatic carbocycles. The molecule has 0 bridgehead atoms. The summed E-state index contributed by atoms with van der Waals surface area (Å²) in [4.78, 5) is 11.6. The van der Waals surface area contributed by atoms with Crippen LogP contribution in [0.2, 0.25) is 0 Å². The van der Waals surface area contributed by atoms with Crippen molar-refractivity contribution >= 4 is 17.3 Å². The molecule has 0 heterocycles. The summed E-state index contributed by atoms with van der Waals surface area (Å²) in [7, 11) is 1.63. The molecule has 0 amide bonds. The highest BCUT2D eigenvalue weighted by atomic mass is 16.5. The quantitative estimate of drug-likeness (QED) is 0.241. The van der Waals surface area contributed by atoms with E-state index < -0.39 is 0 Å². The number of benzene rings is 2. The molecule has 156 valence electrons.